The summed E-state index contributed by atoms with van der Waals surface area (Å²) in [5, 5.41) is 9.17. The summed E-state index contributed by atoms with van der Waals surface area (Å²) in [6.45, 7) is 4.79. The van der Waals surface area contributed by atoms with E-state index in [1.165, 1.54) is 11.1 Å². The molecule has 0 aromatic heterocycles. The molecule has 0 aliphatic carbocycles. The van der Waals surface area contributed by atoms with Crippen LogP contribution < -0.4 is 5.73 Å². The molecule has 0 saturated carbocycles. The van der Waals surface area contributed by atoms with E-state index in [0.29, 0.717) is 6.54 Å². The van der Waals surface area contributed by atoms with Gasteiger partial charge in [0.1, 0.15) is 0 Å². The van der Waals surface area contributed by atoms with Gasteiger partial charge in [-0.3, -0.25) is 4.90 Å². The number of benzene rings is 1. The third kappa shape index (κ3) is 3.04. The summed E-state index contributed by atoms with van der Waals surface area (Å²) in [4.78, 5) is 2.12. The molecule has 0 heterocycles. The quantitative estimate of drug-likeness (QED) is 0.789. The van der Waals surface area contributed by atoms with Crippen molar-refractivity contribution in [3.63, 3.8) is 0 Å². The lowest BCUT2D eigenvalue weighted by Crippen LogP contribution is -2.38. The molecule has 1 aromatic carbocycles. The second-order valence-electron chi connectivity index (χ2n) is 4.36. The number of hydrogen-bond acceptors (Lipinski definition) is 3. The zero-order chi connectivity index (χ0) is 12.1. The van der Waals surface area contributed by atoms with E-state index in [-0.39, 0.29) is 18.7 Å². The predicted octanol–water partition coefficient (Wildman–Crippen LogP) is 1.31. The van der Waals surface area contributed by atoms with Crippen molar-refractivity contribution in [2.24, 2.45) is 5.73 Å². The maximum atomic E-state index is 9.17. The molecule has 1 rings (SSSR count). The van der Waals surface area contributed by atoms with Crippen LogP contribution in [0.15, 0.2) is 24.3 Å². The molecule has 0 fully saturated rings. The Hall–Kier alpha value is -0.900. The van der Waals surface area contributed by atoms with E-state index >= 15 is 0 Å². The van der Waals surface area contributed by atoms with Crippen molar-refractivity contribution in [2.75, 3.05) is 20.2 Å². The normalized spacial score (nSPS) is 15.1. The SMILES string of the molecule is Cc1cccc(C(CN)N(C)C(C)CO)c1. The van der Waals surface area contributed by atoms with E-state index in [1.807, 2.05) is 20.0 Å². The highest BCUT2D eigenvalue weighted by atomic mass is 16.3. The summed E-state index contributed by atoms with van der Waals surface area (Å²) < 4.78 is 0. The molecule has 0 aliphatic rings. The number of aliphatic hydroxyl groups is 1. The fraction of sp³-hybridized carbons (Fsp3) is 0.538. The molecule has 90 valence electrons. The summed E-state index contributed by atoms with van der Waals surface area (Å²) in [6, 6.07) is 8.65. The van der Waals surface area contributed by atoms with Gasteiger partial charge in [-0.1, -0.05) is 29.8 Å². The van der Waals surface area contributed by atoms with Gasteiger partial charge in [0.15, 0.2) is 0 Å². The van der Waals surface area contributed by atoms with Crippen LogP contribution in [0.1, 0.15) is 24.1 Å². The first-order valence-corrected chi connectivity index (χ1v) is 5.69. The van der Waals surface area contributed by atoms with E-state index in [1.54, 1.807) is 0 Å². The average Bonchev–Trinajstić information content (AvgIpc) is 2.29. The summed E-state index contributed by atoms with van der Waals surface area (Å²) in [7, 11) is 2.00. The molecular formula is C13H22N2O. The zero-order valence-corrected chi connectivity index (χ0v) is 10.4. The van der Waals surface area contributed by atoms with Gasteiger partial charge in [0.25, 0.3) is 0 Å². The molecule has 0 amide bonds. The number of rotatable bonds is 5. The van der Waals surface area contributed by atoms with Gasteiger partial charge in [-0.15, -0.1) is 0 Å². The van der Waals surface area contributed by atoms with Crippen LogP contribution in [0, 0.1) is 6.92 Å². The molecule has 0 bridgehead atoms. The highest BCUT2D eigenvalue weighted by Crippen LogP contribution is 2.20. The summed E-state index contributed by atoms with van der Waals surface area (Å²) in [5.41, 5.74) is 8.28. The molecule has 3 N–H and O–H groups in total. The van der Waals surface area contributed by atoms with Crippen LogP contribution in [0.25, 0.3) is 0 Å². The van der Waals surface area contributed by atoms with Gasteiger partial charge in [0.05, 0.1) is 6.61 Å². The average molecular weight is 222 g/mol. The van der Waals surface area contributed by atoms with E-state index in [2.05, 4.69) is 30.0 Å². The van der Waals surface area contributed by atoms with Crippen molar-refractivity contribution < 1.29 is 5.11 Å². The van der Waals surface area contributed by atoms with Crippen molar-refractivity contribution in [1.29, 1.82) is 0 Å². The molecule has 1 aromatic rings. The number of hydrogen-bond donors (Lipinski definition) is 2. The molecule has 0 radical (unpaired) electrons. The van der Waals surface area contributed by atoms with Gasteiger partial charge in [0.2, 0.25) is 0 Å². The molecule has 2 unspecified atom stereocenters. The predicted molar refractivity (Wildman–Crippen MR) is 67.3 cm³/mol. The highest BCUT2D eigenvalue weighted by Gasteiger charge is 2.19. The van der Waals surface area contributed by atoms with Crippen molar-refractivity contribution >= 4 is 0 Å². The molecular weight excluding hydrogens is 200 g/mol. The van der Waals surface area contributed by atoms with Gasteiger partial charge in [-0.25, -0.2) is 0 Å². The number of likely N-dealkylation sites (N-methyl/N-ethyl adjacent to an activating group) is 1. The zero-order valence-electron chi connectivity index (χ0n) is 10.4. The lowest BCUT2D eigenvalue weighted by molar-refractivity contribution is 0.122. The maximum Gasteiger partial charge on any atom is 0.0584 e. The van der Waals surface area contributed by atoms with Gasteiger partial charge in [-0.05, 0) is 26.5 Å². The molecule has 3 nitrogen and oxygen atoms in total. The minimum atomic E-state index is 0.120. The summed E-state index contributed by atoms with van der Waals surface area (Å²) in [6.07, 6.45) is 0. The largest absolute Gasteiger partial charge is 0.395 e. The van der Waals surface area contributed by atoms with Crippen molar-refractivity contribution in [2.45, 2.75) is 25.9 Å². The first-order valence-electron chi connectivity index (χ1n) is 5.69. The van der Waals surface area contributed by atoms with Crippen molar-refractivity contribution in [1.82, 2.24) is 4.90 Å². The number of nitrogens with two attached hydrogens (primary N) is 1. The topological polar surface area (TPSA) is 49.5 Å². The van der Waals surface area contributed by atoms with E-state index in [4.69, 9.17) is 10.8 Å². The monoisotopic (exact) mass is 222 g/mol. The van der Waals surface area contributed by atoms with Crippen LogP contribution in [0.5, 0.6) is 0 Å². The van der Waals surface area contributed by atoms with Gasteiger partial charge < -0.3 is 10.8 Å². The Morgan fingerprint density at radius 1 is 1.44 bits per heavy atom. The number of aryl methyl sites for hydroxylation is 1. The van der Waals surface area contributed by atoms with E-state index in [9.17, 15) is 0 Å². The Kier molecular flexibility index (Phi) is 4.93. The van der Waals surface area contributed by atoms with Crippen LogP contribution in [-0.2, 0) is 0 Å². The second kappa shape index (κ2) is 5.99. The number of aliphatic hydroxyl groups excluding tert-OH is 1. The lowest BCUT2D eigenvalue weighted by Gasteiger charge is -2.31. The second-order valence-corrected chi connectivity index (χ2v) is 4.36. The van der Waals surface area contributed by atoms with Gasteiger partial charge >= 0.3 is 0 Å². The fourth-order valence-electron chi connectivity index (χ4n) is 1.85. The van der Waals surface area contributed by atoms with Crippen LogP contribution >= 0.6 is 0 Å². The smallest absolute Gasteiger partial charge is 0.0584 e. The standard InChI is InChI=1S/C13H22N2O/c1-10-5-4-6-12(7-10)13(8-14)15(3)11(2)9-16/h4-7,11,13,16H,8-9,14H2,1-3H3. The Morgan fingerprint density at radius 3 is 2.62 bits per heavy atom. The molecule has 16 heavy (non-hydrogen) atoms. The summed E-state index contributed by atoms with van der Waals surface area (Å²) in [5.74, 6) is 0. The molecule has 0 saturated heterocycles. The first-order chi connectivity index (χ1) is 7.60. The molecule has 2 atom stereocenters. The fourth-order valence-corrected chi connectivity index (χ4v) is 1.85. The third-order valence-electron chi connectivity index (χ3n) is 3.10. The van der Waals surface area contributed by atoms with Gasteiger partial charge in [-0.2, -0.15) is 0 Å². The first kappa shape index (κ1) is 13.2. The Labute approximate surface area is 97.9 Å². The Balaban J connectivity index is 2.89. The van der Waals surface area contributed by atoms with Crippen LogP contribution in [0.3, 0.4) is 0 Å². The summed E-state index contributed by atoms with van der Waals surface area (Å²) >= 11 is 0. The molecule has 0 spiro atoms. The number of nitrogens with zero attached hydrogens (tertiary/aromatic N) is 1. The van der Waals surface area contributed by atoms with Crippen LogP contribution in [0.2, 0.25) is 0 Å². The van der Waals surface area contributed by atoms with E-state index < -0.39 is 0 Å². The maximum absolute atomic E-state index is 9.17. The molecule has 3 heteroatoms. The minimum Gasteiger partial charge on any atom is -0.395 e. The minimum absolute atomic E-state index is 0.120. The lowest BCUT2D eigenvalue weighted by atomic mass is 10.0. The van der Waals surface area contributed by atoms with Gasteiger partial charge in [0, 0.05) is 18.6 Å². The van der Waals surface area contributed by atoms with Crippen LogP contribution in [0.4, 0.5) is 0 Å². The Morgan fingerprint density at radius 2 is 2.12 bits per heavy atom. The van der Waals surface area contributed by atoms with Crippen molar-refractivity contribution in [3.05, 3.63) is 35.4 Å². The van der Waals surface area contributed by atoms with Crippen molar-refractivity contribution in [3.8, 4) is 0 Å². The van der Waals surface area contributed by atoms with Crippen LogP contribution in [-0.4, -0.2) is 36.2 Å². The Bertz CT molecular complexity index is 327. The third-order valence-corrected chi connectivity index (χ3v) is 3.10. The highest BCUT2D eigenvalue weighted by molar-refractivity contribution is 5.25. The molecule has 0 aliphatic heterocycles. The van der Waals surface area contributed by atoms with E-state index in [0.717, 1.165) is 0 Å².